The summed E-state index contributed by atoms with van der Waals surface area (Å²) in [4.78, 5) is 4.27. The minimum absolute atomic E-state index is 0.0542. The lowest BCUT2D eigenvalue weighted by molar-refractivity contribution is 0.0235. The fraction of sp³-hybridized carbons (Fsp3) is 0.800. The Morgan fingerprint density at radius 2 is 2.11 bits per heavy atom. The van der Waals surface area contributed by atoms with Crippen LogP contribution in [-0.2, 0) is 16.8 Å². The van der Waals surface area contributed by atoms with Crippen molar-refractivity contribution in [3.8, 4) is 0 Å². The number of hydrogen-bond acceptors (Lipinski definition) is 3. The van der Waals surface area contributed by atoms with Crippen molar-refractivity contribution in [2.45, 2.75) is 64.1 Å². The molecule has 1 aliphatic carbocycles. The highest BCUT2D eigenvalue weighted by Gasteiger charge is 2.22. The summed E-state index contributed by atoms with van der Waals surface area (Å²) in [6.45, 7) is 6.01. The van der Waals surface area contributed by atoms with Crippen molar-refractivity contribution in [2.24, 2.45) is 0 Å². The molecular formula is C15H27N3O. The molecule has 2 rings (SSSR count). The molecular weight excluding hydrogens is 238 g/mol. The van der Waals surface area contributed by atoms with Crippen LogP contribution in [0.25, 0.3) is 0 Å². The van der Waals surface area contributed by atoms with Gasteiger partial charge in [-0.2, -0.15) is 0 Å². The van der Waals surface area contributed by atoms with Gasteiger partial charge in [0.1, 0.15) is 0 Å². The molecule has 0 radical (unpaired) electrons. The van der Waals surface area contributed by atoms with E-state index in [1.165, 1.54) is 37.8 Å². The molecule has 0 spiro atoms. The maximum Gasteiger partial charge on any atom is 0.0949 e. The Morgan fingerprint density at radius 3 is 2.79 bits per heavy atom. The van der Waals surface area contributed by atoms with Crippen LogP contribution < -0.4 is 5.32 Å². The molecule has 1 heterocycles. The first-order valence-electron chi connectivity index (χ1n) is 7.44. The summed E-state index contributed by atoms with van der Waals surface area (Å²) in [5.74, 6) is 0. The lowest BCUT2D eigenvalue weighted by Gasteiger charge is -2.26. The maximum absolute atomic E-state index is 5.99. The van der Waals surface area contributed by atoms with Crippen LogP contribution in [0.4, 0.5) is 0 Å². The van der Waals surface area contributed by atoms with Crippen molar-refractivity contribution in [1.82, 2.24) is 14.9 Å². The molecule has 0 atom stereocenters. The van der Waals surface area contributed by atoms with Gasteiger partial charge in [0, 0.05) is 12.7 Å². The Balaban J connectivity index is 1.84. The predicted octanol–water partition coefficient (Wildman–Crippen LogP) is 2.69. The van der Waals surface area contributed by atoms with E-state index >= 15 is 0 Å². The second-order valence-electron chi connectivity index (χ2n) is 5.98. The molecule has 1 aromatic rings. The smallest absolute Gasteiger partial charge is 0.0949 e. The SMILES string of the molecule is CNC(C)(C)c1cncn1CCOC1CCCCC1. The normalized spacial score (nSPS) is 17.8. The van der Waals surface area contributed by atoms with Gasteiger partial charge in [0.15, 0.2) is 0 Å². The number of rotatable bonds is 6. The fourth-order valence-electron chi connectivity index (χ4n) is 2.70. The van der Waals surface area contributed by atoms with E-state index in [-0.39, 0.29) is 5.54 Å². The lowest BCUT2D eigenvalue weighted by atomic mass is 9.98. The first kappa shape index (κ1) is 14.5. The Bertz CT molecular complexity index is 380. The van der Waals surface area contributed by atoms with Gasteiger partial charge in [-0.05, 0) is 33.7 Å². The highest BCUT2D eigenvalue weighted by Crippen LogP contribution is 2.21. The van der Waals surface area contributed by atoms with Crippen LogP contribution in [0.15, 0.2) is 12.5 Å². The Kier molecular flexibility index (Phi) is 4.99. The number of imidazole rings is 1. The minimum atomic E-state index is -0.0542. The Hall–Kier alpha value is -0.870. The second-order valence-corrected chi connectivity index (χ2v) is 5.98. The average Bonchev–Trinajstić information content (AvgIpc) is 2.89. The van der Waals surface area contributed by atoms with Crippen molar-refractivity contribution >= 4 is 0 Å². The van der Waals surface area contributed by atoms with Gasteiger partial charge in [-0.15, -0.1) is 0 Å². The summed E-state index contributed by atoms with van der Waals surface area (Å²) in [6, 6.07) is 0. The predicted molar refractivity (Wildman–Crippen MR) is 77.1 cm³/mol. The van der Waals surface area contributed by atoms with Crippen LogP contribution in [0.5, 0.6) is 0 Å². The van der Waals surface area contributed by atoms with E-state index in [9.17, 15) is 0 Å². The van der Waals surface area contributed by atoms with Crippen LogP contribution in [-0.4, -0.2) is 29.3 Å². The van der Waals surface area contributed by atoms with Crippen molar-refractivity contribution in [1.29, 1.82) is 0 Å². The summed E-state index contributed by atoms with van der Waals surface area (Å²) in [7, 11) is 1.98. The number of hydrogen-bond donors (Lipinski definition) is 1. The molecule has 108 valence electrons. The fourth-order valence-corrected chi connectivity index (χ4v) is 2.70. The van der Waals surface area contributed by atoms with E-state index in [0.29, 0.717) is 6.10 Å². The molecule has 4 nitrogen and oxygen atoms in total. The molecule has 0 saturated heterocycles. The quantitative estimate of drug-likeness (QED) is 0.859. The highest BCUT2D eigenvalue weighted by atomic mass is 16.5. The zero-order valence-corrected chi connectivity index (χ0v) is 12.5. The van der Waals surface area contributed by atoms with Gasteiger partial charge in [-0.3, -0.25) is 0 Å². The molecule has 1 saturated carbocycles. The molecule has 0 unspecified atom stereocenters. The van der Waals surface area contributed by atoms with Crippen LogP contribution in [0.1, 0.15) is 51.6 Å². The van der Waals surface area contributed by atoms with E-state index in [2.05, 4.69) is 28.7 Å². The molecule has 0 amide bonds. The van der Waals surface area contributed by atoms with Gasteiger partial charge < -0.3 is 14.6 Å². The number of nitrogens with one attached hydrogen (secondary N) is 1. The molecule has 19 heavy (non-hydrogen) atoms. The van der Waals surface area contributed by atoms with Crippen molar-refractivity contribution in [3.63, 3.8) is 0 Å². The van der Waals surface area contributed by atoms with Gasteiger partial charge in [0.2, 0.25) is 0 Å². The standard InChI is InChI=1S/C15H27N3O/c1-15(2,16-3)14-11-17-12-18(14)9-10-19-13-7-5-4-6-8-13/h11-13,16H,4-10H2,1-3H3. The molecule has 1 aliphatic rings. The van der Waals surface area contributed by atoms with Gasteiger partial charge >= 0.3 is 0 Å². The molecule has 4 heteroatoms. The highest BCUT2D eigenvalue weighted by molar-refractivity contribution is 5.10. The first-order chi connectivity index (χ1) is 9.13. The molecule has 1 N–H and O–H groups in total. The van der Waals surface area contributed by atoms with Gasteiger partial charge in [0.25, 0.3) is 0 Å². The summed E-state index contributed by atoms with van der Waals surface area (Å²) >= 11 is 0. The third-order valence-corrected chi connectivity index (χ3v) is 4.22. The summed E-state index contributed by atoms with van der Waals surface area (Å²) in [5.41, 5.74) is 1.16. The molecule has 1 aromatic heterocycles. The Labute approximate surface area is 116 Å². The maximum atomic E-state index is 5.99. The topological polar surface area (TPSA) is 39.1 Å². The van der Waals surface area contributed by atoms with E-state index < -0.39 is 0 Å². The van der Waals surface area contributed by atoms with E-state index in [1.807, 2.05) is 19.6 Å². The van der Waals surface area contributed by atoms with Crippen molar-refractivity contribution in [3.05, 3.63) is 18.2 Å². The van der Waals surface area contributed by atoms with Gasteiger partial charge in [-0.25, -0.2) is 4.98 Å². The third-order valence-electron chi connectivity index (χ3n) is 4.22. The first-order valence-corrected chi connectivity index (χ1v) is 7.44. The summed E-state index contributed by atoms with van der Waals surface area (Å²) in [6.07, 6.45) is 10.8. The summed E-state index contributed by atoms with van der Waals surface area (Å²) in [5, 5.41) is 3.32. The van der Waals surface area contributed by atoms with Crippen molar-refractivity contribution < 1.29 is 4.74 Å². The number of ether oxygens (including phenoxy) is 1. The molecule has 0 aromatic carbocycles. The van der Waals surface area contributed by atoms with Crippen molar-refractivity contribution in [2.75, 3.05) is 13.7 Å². The van der Waals surface area contributed by atoms with E-state index in [1.54, 1.807) is 0 Å². The zero-order valence-electron chi connectivity index (χ0n) is 12.5. The zero-order chi connectivity index (χ0) is 13.7. The Morgan fingerprint density at radius 1 is 1.37 bits per heavy atom. The number of aromatic nitrogens is 2. The van der Waals surface area contributed by atoms with Crippen LogP contribution in [0, 0.1) is 0 Å². The second kappa shape index (κ2) is 6.53. The summed E-state index contributed by atoms with van der Waals surface area (Å²) < 4.78 is 8.18. The van der Waals surface area contributed by atoms with E-state index in [0.717, 1.165) is 13.2 Å². The van der Waals surface area contributed by atoms with Crippen LogP contribution >= 0.6 is 0 Å². The largest absolute Gasteiger partial charge is 0.376 e. The molecule has 0 aliphatic heterocycles. The monoisotopic (exact) mass is 265 g/mol. The van der Waals surface area contributed by atoms with Crippen LogP contribution in [0.2, 0.25) is 0 Å². The number of nitrogens with zero attached hydrogens (tertiary/aromatic N) is 2. The van der Waals surface area contributed by atoms with E-state index in [4.69, 9.17) is 4.74 Å². The minimum Gasteiger partial charge on any atom is -0.376 e. The third kappa shape index (κ3) is 3.80. The van der Waals surface area contributed by atoms with Gasteiger partial charge in [0.05, 0.1) is 30.3 Å². The molecule has 1 fully saturated rings. The van der Waals surface area contributed by atoms with Gasteiger partial charge in [-0.1, -0.05) is 19.3 Å². The van der Waals surface area contributed by atoms with Crippen LogP contribution in [0.3, 0.4) is 0 Å². The lowest BCUT2D eigenvalue weighted by Crippen LogP contribution is -2.35. The average molecular weight is 265 g/mol. The molecule has 0 bridgehead atoms.